The van der Waals surface area contributed by atoms with Crippen molar-refractivity contribution in [2.24, 2.45) is 0 Å². The van der Waals surface area contributed by atoms with Crippen LogP contribution in [0, 0.1) is 6.92 Å². The van der Waals surface area contributed by atoms with Gasteiger partial charge in [0.2, 0.25) is 0 Å². The van der Waals surface area contributed by atoms with Crippen LogP contribution < -0.4 is 0 Å². The molecule has 0 bridgehead atoms. The van der Waals surface area contributed by atoms with E-state index in [1.807, 2.05) is 25.1 Å². The van der Waals surface area contributed by atoms with Gasteiger partial charge in [0.25, 0.3) is 0 Å². The van der Waals surface area contributed by atoms with Crippen molar-refractivity contribution in [2.45, 2.75) is 36.3 Å². The zero-order valence-corrected chi connectivity index (χ0v) is 13.5. The quantitative estimate of drug-likeness (QED) is 0.723. The van der Waals surface area contributed by atoms with Crippen molar-refractivity contribution >= 4 is 23.3 Å². The smallest absolute Gasteiger partial charge is 0.198 e. The second-order valence-electron chi connectivity index (χ2n) is 4.51. The van der Waals surface area contributed by atoms with E-state index < -0.39 is 0 Å². The molecule has 5 nitrogen and oxygen atoms in total. The molecule has 0 unspecified atom stereocenters. The zero-order chi connectivity index (χ0) is 14.7. The number of rotatable bonds is 5. The molecule has 3 rings (SSSR count). The average Bonchev–Trinajstić information content (AvgIpc) is 3.07. The van der Waals surface area contributed by atoms with Crippen LogP contribution in [0.15, 0.2) is 39.8 Å². The van der Waals surface area contributed by atoms with Crippen LogP contribution >= 0.6 is 23.3 Å². The third kappa shape index (κ3) is 3.30. The van der Waals surface area contributed by atoms with Crippen LogP contribution in [0.5, 0.6) is 0 Å². The number of hydrogen-bond donors (Lipinski definition) is 0. The molecule has 0 aliphatic heterocycles. The predicted molar refractivity (Wildman–Crippen MR) is 83.7 cm³/mol. The summed E-state index contributed by atoms with van der Waals surface area (Å²) < 4.78 is 7.23. The fraction of sp³-hybridized carbons (Fsp3) is 0.286. The maximum atomic E-state index is 4.36. The Kier molecular flexibility index (Phi) is 4.31. The molecule has 21 heavy (non-hydrogen) atoms. The summed E-state index contributed by atoms with van der Waals surface area (Å²) >= 11 is 2.92. The molecule has 0 radical (unpaired) electrons. The van der Waals surface area contributed by atoms with E-state index in [4.69, 9.17) is 0 Å². The van der Waals surface area contributed by atoms with Gasteiger partial charge in [0.05, 0.1) is 0 Å². The van der Waals surface area contributed by atoms with Gasteiger partial charge in [0, 0.05) is 13.0 Å². The van der Waals surface area contributed by atoms with Gasteiger partial charge in [-0.25, -0.2) is 4.98 Å². The van der Waals surface area contributed by atoms with Crippen LogP contribution in [0.25, 0.3) is 0 Å². The first-order chi connectivity index (χ1) is 10.3. The summed E-state index contributed by atoms with van der Waals surface area (Å²) in [5.74, 6) is 1.78. The summed E-state index contributed by atoms with van der Waals surface area (Å²) in [5, 5.41) is 9.51. The molecule has 0 aliphatic rings. The lowest BCUT2D eigenvalue weighted by atomic mass is 10.1. The number of aryl methyl sites for hydroxylation is 1. The van der Waals surface area contributed by atoms with Crippen molar-refractivity contribution in [1.82, 2.24) is 24.1 Å². The van der Waals surface area contributed by atoms with Gasteiger partial charge in [-0.15, -0.1) is 10.2 Å². The van der Waals surface area contributed by atoms with Crippen LogP contribution in [-0.4, -0.2) is 24.1 Å². The maximum Gasteiger partial charge on any atom is 0.198 e. The summed E-state index contributed by atoms with van der Waals surface area (Å²) in [7, 11) is 0. The summed E-state index contributed by atoms with van der Waals surface area (Å²) in [6.07, 6.45) is 0.789. The summed E-state index contributed by atoms with van der Waals surface area (Å²) in [5.41, 5.74) is 1.24. The Morgan fingerprint density at radius 3 is 2.67 bits per heavy atom. The predicted octanol–water partition coefficient (Wildman–Crippen LogP) is 3.20. The van der Waals surface area contributed by atoms with Gasteiger partial charge < -0.3 is 4.57 Å². The minimum Gasteiger partial charge on any atom is -0.306 e. The van der Waals surface area contributed by atoms with E-state index in [9.17, 15) is 0 Å². The molecule has 0 atom stereocenters. The highest BCUT2D eigenvalue weighted by atomic mass is 32.2. The Balaban J connectivity index is 1.83. The minimum atomic E-state index is 0.789. The Bertz CT molecular complexity index is 720. The van der Waals surface area contributed by atoms with Crippen molar-refractivity contribution in [2.75, 3.05) is 0 Å². The fourth-order valence-corrected chi connectivity index (χ4v) is 3.69. The number of benzene rings is 1. The van der Waals surface area contributed by atoms with Gasteiger partial charge in [0.15, 0.2) is 9.50 Å². The van der Waals surface area contributed by atoms with E-state index in [1.165, 1.54) is 28.9 Å². The largest absolute Gasteiger partial charge is 0.306 e. The highest BCUT2D eigenvalue weighted by molar-refractivity contribution is 8.00. The molecule has 3 aromatic rings. The summed E-state index contributed by atoms with van der Waals surface area (Å²) in [6.45, 7) is 4.84. The van der Waals surface area contributed by atoms with Gasteiger partial charge in [-0.2, -0.15) is 4.37 Å². The van der Waals surface area contributed by atoms with E-state index in [0.29, 0.717) is 0 Å². The van der Waals surface area contributed by atoms with Crippen molar-refractivity contribution in [3.8, 4) is 0 Å². The molecule has 0 saturated carbocycles. The van der Waals surface area contributed by atoms with Crippen LogP contribution in [-0.2, 0) is 13.0 Å². The minimum absolute atomic E-state index is 0.789. The number of nitrogens with zero attached hydrogens (tertiary/aromatic N) is 5. The van der Waals surface area contributed by atoms with Crippen LogP contribution in [0.2, 0.25) is 0 Å². The Hall–Kier alpha value is -1.73. The Labute approximate surface area is 131 Å². The SMILES string of the molecule is CCn1c(Cc2ccccc2)nnc1Sc1nc(C)ns1. The molecule has 2 heterocycles. The highest BCUT2D eigenvalue weighted by Crippen LogP contribution is 2.28. The molecular weight excluding hydrogens is 302 g/mol. The van der Waals surface area contributed by atoms with Crippen molar-refractivity contribution < 1.29 is 0 Å². The molecule has 7 heteroatoms. The van der Waals surface area contributed by atoms with Gasteiger partial charge >= 0.3 is 0 Å². The molecule has 0 fully saturated rings. The summed E-state index contributed by atoms with van der Waals surface area (Å²) in [6, 6.07) is 10.3. The normalized spacial score (nSPS) is 11.0. The van der Waals surface area contributed by atoms with Gasteiger partial charge in [-0.3, -0.25) is 0 Å². The lowest BCUT2D eigenvalue weighted by Gasteiger charge is -2.06. The van der Waals surface area contributed by atoms with Crippen LogP contribution in [0.3, 0.4) is 0 Å². The van der Waals surface area contributed by atoms with Gasteiger partial charge in [-0.1, -0.05) is 30.3 Å². The number of hydrogen-bond acceptors (Lipinski definition) is 6. The zero-order valence-electron chi connectivity index (χ0n) is 11.9. The van der Waals surface area contributed by atoms with Crippen LogP contribution in [0.1, 0.15) is 24.1 Å². The third-order valence-corrected chi connectivity index (χ3v) is 4.83. The number of aromatic nitrogens is 5. The monoisotopic (exact) mass is 317 g/mol. The molecule has 0 aliphatic carbocycles. The second-order valence-corrected chi connectivity index (χ2v) is 6.48. The molecule has 108 valence electrons. The average molecular weight is 317 g/mol. The van der Waals surface area contributed by atoms with E-state index in [0.717, 1.165) is 34.1 Å². The summed E-state index contributed by atoms with van der Waals surface area (Å²) in [4.78, 5) is 4.36. The fourth-order valence-electron chi connectivity index (χ4n) is 2.02. The topological polar surface area (TPSA) is 56.5 Å². The first kappa shape index (κ1) is 14.2. The van der Waals surface area contributed by atoms with Gasteiger partial charge in [-0.05, 0) is 42.7 Å². The van der Waals surface area contributed by atoms with Crippen LogP contribution in [0.4, 0.5) is 0 Å². The van der Waals surface area contributed by atoms with Crippen molar-refractivity contribution in [3.63, 3.8) is 0 Å². The third-order valence-electron chi connectivity index (χ3n) is 3.00. The standard InChI is InChI=1S/C14H15N5S2/c1-3-19-12(9-11-7-5-4-6-8-11)16-17-13(19)20-14-15-10(2)18-21-14/h4-8H,3,9H2,1-2H3. The Morgan fingerprint density at radius 2 is 2.00 bits per heavy atom. The molecule has 0 spiro atoms. The van der Waals surface area contributed by atoms with Gasteiger partial charge in [0.1, 0.15) is 11.6 Å². The van der Waals surface area contributed by atoms with E-state index in [1.54, 1.807) is 0 Å². The second kappa shape index (κ2) is 6.36. The molecule has 2 aromatic heterocycles. The van der Waals surface area contributed by atoms with E-state index >= 15 is 0 Å². The lowest BCUT2D eigenvalue weighted by Crippen LogP contribution is -2.04. The molecule has 1 aromatic carbocycles. The molecule has 0 amide bonds. The molecule has 0 saturated heterocycles. The van der Waals surface area contributed by atoms with E-state index in [2.05, 4.69) is 43.2 Å². The van der Waals surface area contributed by atoms with Crippen molar-refractivity contribution in [3.05, 3.63) is 47.5 Å². The van der Waals surface area contributed by atoms with Crippen molar-refractivity contribution in [1.29, 1.82) is 0 Å². The molecule has 0 N–H and O–H groups in total. The molecular formula is C14H15N5S2. The highest BCUT2D eigenvalue weighted by Gasteiger charge is 2.14. The first-order valence-electron chi connectivity index (χ1n) is 6.70. The lowest BCUT2D eigenvalue weighted by molar-refractivity contribution is 0.651. The first-order valence-corrected chi connectivity index (χ1v) is 8.29. The Morgan fingerprint density at radius 1 is 1.19 bits per heavy atom. The van der Waals surface area contributed by atoms with E-state index in [-0.39, 0.29) is 0 Å². The maximum absolute atomic E-state index is 4.36.